The molecule has 47 heavy (non-hydrogen) atoms. The van der Waals surface area contributed by atoms with Crippen LogP contribution in [0.3, 0.4) is 0 Å². The Morgan fingerprint density at radius 1 is 0.979 bits per heavy atom. The predicted molar refractivity (Wildman–Crippen MR) is 181 cm³/mol. The average molecular weight is 647 g/mol. The number of ether oxygens (including phenoxy) is 2. The predicted octanol–water partition coefficient (Wildman–Crippen LogP) is 6.61. The molecule has 1 aromatic heterocycles. The molecule has 0 atom stereocenters. The number of carbonyl (C=O) groups is 1. The normalized spacial score (nSPS) is 11.6. The summed E-state index contributed by atoms with van der Waals surface area (Å²) < 4.78 is 26.3. The smallest absolute Gasteiger partial charge is 0.259 e. The molecule has 1 aliphatic rings. The quantitative estimate of drug-likeness (QED) is 0.170. The molecule has 1 aliphatic heterocycles. The van der Waals surface area contributed by atoms with Gasteiger partial charge < -0.3 is 25.8 Å². The molecule has 0 saturated carbocycles. The van der Waals surface area contributed by atoms with Crippen molar-refractivity contribution in [3.05, 3.63) is 124 Å². The Labute approximate surface area is 275 Å². The lowest BCUT2D eigenvalue weighted by Gasteiger charge is -2.15. The number of rotatable bonds is 7. The number of nitrogens with two attached hydrogens (primary N) is 1. The van der Waals surface area contributed by atoms with Crippen molar-refractivity contribution in [3.63, 3.8) is 0 Å². The summed E-state index contributed by atoms with van der Waals surface area (Å²) in [6, 6.07) is 22.2. The number of carbonyl (C=O) groups excluding carboxylic acids is 1. The van der Waals surface area contributed by atoms with E-state index < -0.39 is 5.82 Å². The zero-order valence-corrected chi connectivity index (χ0v) is 26.2. The minimum absolute atomic E-state index is 0.203. The van der Waals surface area contributed by atoms with Gasteiger partial charge in [-0.2, -0.15) is 0 Å². The summed E-state index contributed by atoms with van der Waals surface area (Å²) in [6.45, 7) is 0.447. The third-order valence-electron chi connectivity index (χ3n) is 7.35. The Balaban J connectivity index is 1.29. The van der Waals surface area contributed by atoms with Crippen molar-refractivity contribution in [3.8, 4) is 34.6 Å². The van der Waals surface area contributed by atoms with Crippen molar-refractivity contribution in [2.45, 2.75) is 6.54 Å². The van der Waals surface area contributed by atoms with E-state index in [1.54, 1.807) is 66.9 Å². The van der Waals surface area contributed by atoms with Gasteiger partial charge in [0, 0.05) is 50.9 Å². The Morgan fingerprint density at radius 3 is 2.62 bits per heavy atom. The fraction of sp³-hybridized carbons (Fsp3) is 0.111. The number of anilines is 3. The van der Waals surface area contributed by atoms with Crippen molar-refractivity contribution in [2.75, 3.05) is 31.4 Å². The molecule has 11 heteroatoms. The molecule has 5 aromatic rings. The molecule has 0 fully saturated rings. The Bertz CT molecular complexity index is 2110. The zero-order valence-electron chi connectivity index (χ0n) is 25.4. The summed E-state index contributed by atoms with van der Waals surface area (Å²) in [7, 11) is 2.97. The maximum absolute atomic E-state index is 15.2. The summed E-state index contributed by atoms with van der Waals surface area (Å²) in [6.07, 6.45) is 1.68. The Kier molecular flexibility index (Phi) is 9.11. The molecule has 1 amide bonds. The molecule has 2 heterocycles. The standard InChI is InChI=1S/C36H28ClFN6O3/c1-46-30-10-4-9-29(38)32(30)34-28-17-23(37)11-13-26(28)33-22(19-40-34)20-41-36(44-33)43-25-12-14-27(31(18-25)47-2)35(45)42-24-8-3-6-21(16-24)7-5-15-39/h3-4,6,8-14,16-18,20H,15,19,39H2,1-2H3,(H,42,45)(H,41,43,44). The molecular formula is C36H28ClFN6O3. The van der Waals surface area contributed by atoms with E-state index >= 15 is 4.39 Å². The molecule has 234 valence electrons. The fourth-order valence-corrected chi connectivity index (χ4v) is 5.39. The minimum atomic E-state index is -0.468. The monoisotopic (exact) mass is 646 g/mol. The Morgan fingerprint density at radius 2 is 1.81 bits per heavy atom. The lowest BCUT2D eigenvalue weighted by atomic mass is 9.94. The minimum Gasteiger partial charge on any atom is -0.496 e. The topological polar surface area (TPSA) is 124 Å². The van der Waals surface area contributed by atoms with Gasteiger partial charge in [0.2, 0.25) is 5.95 Å². The van der Waals surface area contributed by atoms with E-state index in [1.807, 2.05) is 12.1 Å². The van der Waals surface area contributed by atoms with Crippen LogP contribution in [0.4, 0.5) is 21.7 Å². The van der Waals surface area contributed by atoms with Gasteiger partial charge in [0.05, 0.1) is 49.8 Å². The molecule has 4 N–H and O–H groups in total. The average Bonchev–Trinajstić information content (AvgIpc) is 3.23. The number of hydrogen-bond acceptors (Lipinski definition) is 8. The van der Waals surface area contributed by atoms with E-state index in [1.165, 1.54) is 20.3 Å². The van der Waals surface area contributed by atoms with Crippen LogP contribution in [0.5, 0.6) is 11.5 Å². The molecule has 0 aliphatic carbocycles. The van der Waals surface area contributed by atoms with Crippen LogP contribution in [-0.4, -0.2) is 42.4 Å². The molecule has 0 saturated heterocycles. The molecule has 0 radical (unpaired) electrons. The summed E-state index contributed by atoms with van der Waals surface area (Å²) in [4.78, 5) is 27.3. The number of aliphatic imine (C=N–C) groups is 1. The zero-order chi connectivity index (χ0) is 32.9. The second kappa shape index (κ2) is 13.7. The second-order valence-electron chi connectivity index (χ2n) is 10.3. The highest BCUT2D eigenvalue weighted by Gasteiger charge is 2.25. The van der Waals surface area contributed by atoms with Crippen molar-refractivity contribution in [2.24, 2.45) is 10.7 Å². The van der Waals surface area contributed by atoms with Gasteiger partial charge in [-0.1, -0.05) is 41.6 Å². The molecule has 4 aromatic carbocycles. The van der Waals surface area contributed by atoms with E-state index in [2.05, 4.69) is 27.5 Å². The van der Waals surface area contributed by atoms with Crippen LogP contribution in [0, 0.1) is 17.7 Å². The first kappa shape index (κ1) is 31.2. The number of halogens is 2. The van der Waals surface area contributed by atoms with Gasteiger partial charge in [0.15, 0.2) is 0 Å². The van der Waals surface area contributed by atoms with Gasteiger partial charge in [-0.25, -0.2) is 14.4 Å². The van der Waals surface area contributed by atoms with E-state index in [0.29, 0.717) is 61.9 Å². The highest BCUT2D eigenvalue weighted by Crippen LogP contribution is 2.36. The molecule has 9 nitrogen and oxygen atoms in total. The summed E-state index contributed by atoms with van der Waals surface area (Å²) in [5.41, 5.74) is 11.0. The van der Waals surface area contributed by atoms with Crippen LogP contribution in [0.15, 0.2) is 90.1 Å². The number of aromatic nitrogens is 2. The highest BCUT2D eigenvalue weighted by atomic mass is 35.5. The molecule has 0 bridgehead atoms. The third-order valence-corrected chi connectivity index (χ3v) is 7.59. The third kappa shape index (κ3) is 6.63. The van der Waals surface area contributed by atoms with Crippen LogP contribution in [0.1, 0.15) is 32.6 Å². The SMILES string of the molecule is COc1cc(Nc2ncc3c(n2)-c2ccc(Cl)cc2C(c2c(F)cccc2OC)=NC3)ccc1C(=O)Nc1cccc(C#CCN)c1. The maximum Gasteiger partial charge on any atom is 0.259 e. The first-order valence-electron chi connectivity index (χ1n) is 14.5. The van der Waals surface area contributed by atoms with Crippen LogP contribution < -0.4 is 25.8 Å². The van der Waals surface area contributed by atoms with Gasteiger partial charge in [-0.05, 0) is 54.6 Å². The number of hydrogen-bond donors (Lipinski definition) is 3. The van der Waals surface area contributed by atoms with Crippen LogP contribution in [0.2, 0.25) is 5.02 Å². The van der Waals surface area contributed by atoms with Crippen molar-refractivity contribution < 1.29 is 18.7 Å². The summed E-state index contributed by atoms with van der Waals surface area (Å²) in [5.74, 6) is 5.93. The van der Waals surface area contributed by atoms with Gasteiger partial charge in [0.1, 0.15) is 17.3 Å². The van der Waals surface area contributed by atoms with Gasteiger partial charge >= 0.3 is 0 Å². The van der Waals surface area contributed by atoms with Crippen molar-refractivity contribution in [1.29, 1.82) is 0 Å². The fourth-order valence-electron chi connectivity index (χ4n) is 5.21. The lowest BCUT2D eigenvalue weighted by Crippen LogP contribution is -2.13. The number of amides is 1. The molecule has 0 spiro atoms. The van der Waals surface area contributed by atoms with Crippen molar-refractivity contribution >= 4 is 40.5 Å². The van der Waals surface area contributed by atoms with Gasteiger partial charge in [0.25, 0.3) is 5.91 Å². The maximum atomic E-state index is 15.2. The van der Waals surface area contributed by atoms with Gasteiger partial charge in [-0.15, -0.1) is 0 Å². The summed E-state index contributed by atoms with van der Waals surface area (Å²) in [5, 5.41) is 6.55. The highest BCUT2D eigenvalue weighted by molar-refractivity contribution is 6.31. The number of nitrogens with zero attached hydrogens (tertiary/aromatic N) is 3. The van der Waals surface area contributed by atoms with Crippen LogP contribution in [-0.2, 0) is 6.54 Å². The Hall–Kier alpha value is -5.76. The first-order chi connectivity index (χ1) is 22.9. The largest absolute Gasteiger partial charge is 0.496 e. The summed E-state index contributed by atoms with van der Waals surface area (Å²) >= 11 is 6.42. The number of benzene rings is 4. The second-order valence-corrected chi connectivity index (χ2v) is 10.8. The van der Waals surface area contributed by atoms with E-state index in [-0.39, 0.29) is 24.6 Å². The van der Waals surface area contributed by atoms with E-state index in [0.717, 1.165) is 11.1 Å². The first-order valence-corrected chi connectivity index (χ1v) is 14.8. The lowest BCUT2D eigenvalue weighted by molar-refractivity contribution is 0.102. The van der Waals surface area contributed by atoms with Gasteiger partial charge in [-0.3, -0.25) is 9.79 Å². The molecule has 0 unspecified atom stereocenters. The molecule has 6 rings (SSSR count). The molecular weight excluding hydrogens is 619 g/mol. The van der Waals surface area contributed by atoms with E-state index in [4.69, 9.17) is 36.8 Å². The number of fused-ring (bicyclic) bond motifs is 3. The van der Waals surface area contributed by atoms with E-state index in [9.17, 15) is 4.79 Å². The van der Waals surface area contributed by atoms with Crippen LogP contribution >= 0.6 is 11.6 Å². The number of nitrogens with one attached hydrogen (secondary N) is 2. The van der Waals surface area contributed by atoms with Crippen molar-refractivity contribution in [1.82, 2.24) is 9.97 Å². The number of methoxy groups -OCH3 is 2. The van der Waals surface area contributed by atoms with Crippen LogP contribution in [0.25, 0.3) is 11.3 Å².